The van der Waals surface area contributed by atoms with Gasteiger partial charge in [-0.15, -0.1) is 10.2 Å². The van der Waals surface area contributed by atoms with E-state index in [2.05, 4.69) is 41.2 Å². The Bertz CT molecular complexity index is 1030. The molecule has 2 aromatic heterocycles. The fourth-order valence-corrected chi connectivity index (χ4v) is 2.42. The van der Waals surface area contributed by atoms with Gasteiger partial charge in [0.2, 0.25) is 11.8 Å². The zero-order chi connectivity index (χ0) is 18.5. The van der Waals surface area contributed by atoms with E-state index in [1.807, 2.05) is 12.1 Å². The normalized spacial score (nSPS) is 10.4. The lowest BCUT2D eigenvalue weighted by molar-refractivity contribution is 0.102. The van der Waals surface area contributed by atoms with Crippen molar-refractivity contribution in [1.29, 1.82) is 0 Å². The second kappa shape index (κ2) is 7.40. The molecule has 3 N–H and O–H groups in total. The molecule has 4 rings (SSSR count). The number of nitrogens with one attached hydrogen (secondary N) is 3. The van der Waals surface area contributed by atoms with Crippen LogP contribution in [0.5, 0.6) is 0 Å². The maximum Gasteiger partial charge on any atom is 0.255 e. The topological polar surface area (TPSA) is 121 Å². The van der Waals surface area contributed by atoms with Crippen LogP contribution in [0.25, 0.3) is 11.4 Å². The first-order valence-electron chi connectivity index (χ1n) is 8.07. The second-order valence-corrected chi connectivity index (χ2v) is 5.55. The number of anilines is 3. The van der Waals surface area contributed by atoms with Gasteiger partial charge in [0.15, 0.2) is 0 Å². The zero-order valence-electron chi connectivity index (χ0n) is 14.0. The number of rotatable bonds is 5. The summed E-state index contributed by atoms with van der Waals surface area (Å²) in [4.78, 5) is 20.7. The first-order valence-corrected chi connectivity index (χ1v) is 8.07. The number of nitrogens with zero attached hydrogens (tertiary/aromatic N) is 5. The molecular formula is C18H14N8O. The largest absolute Gasteiger partial charge is 0.324 e. The number of amides is 1. The molecule has 2 aromatic carbocycles. The summed E-state index contributed by atoms with van der Waals surface area (Å²) in [5.41, 5.74) is 2.71. The molecule has 0 atom stereocenters. The van der Waals surface area contributed by atoms with Crippen LogP contribution in [0.1, 0.15) is 10.4 Å². The van der Waals surface area contributed by atoms with Crippen LogP contribution < -0.4 is 10.6 Å². The average molecular weight is 358 g/mol. The van der Waals surface area contributed by atoms with Gasteiger partial charge in [0.05, 0.1) is 0 Å². The SMILES string of the molecule is O=C(Nc1cccc(-c2nn[nH]n2)c1)c1ccc(Nc2ncccn2)cc1. The van der Waals surface area contributed by atoms with E-state index in [1.165, 1.54) is 0 Å². The van der Waals surface area contributed by atoms with Gasteiger partial charge in [-0.1, -0.05) is 12.1 Å². The third-order valence-corrected chi connectivity index (χ3v) is 3.69. The van der Waals surface area contributed by atoms with E-state index in [1.54, 1.807) is 54.9 Å². The summed E-state index contributed by atoms with van der Waals surface area (Å²) < 4.78 is 0. The highest BCUT2D eigenvalue weighted by atomic mass is 16.1. The maximum absolute atomic E-state index is 12.5. The molecule has 27 heavy (non-hydrogen) atoms. The van der Waals surface area contributed by atoms with Gasteiger partial charge < -0.3 is 10.6 Å². The first-order chi connectivity index (χ1) is 13.3. The average Bonchev–Trinajstić information content (AvgIpc) is 3.24. The Balaban J connectivity index is 1.45. The molecule has 2 heterocycles. The molecule has 0 saturated carbocycles. The van der Waals surface area contributed by atoms with Crippen molar-refractivity contribution in [1.82, 2.24) is 30.6 Å². The maximum atomic E-state index is 12.5. The number of H-pyrrole nitrogens is 1. The monoisotopic (exact) mass is 358 g/mol. The molecule has 0 aliphatic rings. The van der Waals surface area contributed by atoms with Gasteiger partial charge in [-0.25, -0.2) is 9.97 Å². The first kappa shape index (κ1) is 16.3. The van der Waals surface area contributed by atoms with E-state index in [0.717, 1.165) is 11.3 Å². The van der Waals surface area contributed by atoms with Gasteiger partial charge in [0.25, 0.3) is 5.91 Å². The Labute approximate surface area is 153 Å². The van der Waals surface area contributed by atoms with Gasteiger partial charge in [-0.05, 0) is 47.7 Å². The van der Waals surface area contributed by atoms with Crippen molar-refractivity contribution in [3.8, 4) is 11.4 Å². The van der Waals surface area contributed by atoms with Gasteiger partial charge in [-0.2, -0.15) is 5.21 Å². The van der Waals surface area contributed by atoms with E-state index in [4.69, 9.17) is 0 Å². The number of benzene rings is 2. The van der Waals surface area contributed by atoms with Crippen molar-refractivity contribution in [3.63, 3.8) is 0 Å². The number of aromatic amines is 1. The quantitative estimate of drug-likeness (QED) is 0.501. The molecular weight excluding hydrogens is 344 g/mol. The molecule has 0 unspecified atom stereocenters. The summed E-state index contributed by atoms with van der Waals surface area (Å²) in [6.45, 7) is 0. The van der Waals surface area contributed by atoms with E-state index < -0.39 is 0 Å². The lowest BCUT2D eigenvalue weighted by atomic mass is 10.1. The summed E-state index contributed by atoms with van der Waals surface area (Å²) in [5, 5.41) is 19.7. The molecule has 9 nitrogen and oxygen atoms in total. The Hall–Kier alpha value is -4.14. The summed E-state index contributed by atoms with van der Waals surface area (Å²) in [6.07, 6.45) is 3.31. The number of tetrazole rings is 1. The van der Waals surface area contributed by atoms with Gasteiger partial charge >= 0.3 is 0 Å². The number of hydrogen-bond acceptors (Lipinski definition) is 7. The van der Waals surface area contributed by atoms with E-state index in [-0.39, 0.29) is 5.91 Å². The molecule has 0 saturated heterocycles. The molecule has 132 valence electrons. The van der Waals surface area contributed by atoms with Crippen LogP contribution in [0.3, 0.4) is 0 Å². The van der Waals surface area contributed by atoms with Gasteiger partial charge in [0.1, 0.15) is 0 Å². The summed E-state index contributed by atoms with van der Waals surface area (Å²) >= 11 is 0. The van der Waals surface area contributed by atoms with Crippen LogP contribution in [-0.4, -0.2) is 36.5 Å². The lowest BCUT2D eigenvalue weighted by Crippen LogP contribution is -2.11. The van der Waals surface area contributed by atoms with Crippen molar-refractivity contribution in [2.45, 2.75) is 0 Å². The minimum atomic E-state index is -0.220. The third kappa shape index (κ3) is 3.93. The van der Waals surface area contributed by atoms with Crippen molar-refractivity contribution in [3.05, 3.63) is 72.6 Å². The lowest BCUT2D eigenvalue weighted by Gasteiger charge is -2.08. The van der Waals surface area contributed by atoms with Crippen LogP contribution in [0.2, 0.25) is 0 Å². The molecule has 0 aliphatic carbocycles. The number of carbonyl (C=O) groups is 1. The van der Waals surface area contributed by atoms with Crippen molar-refractivity contribution < 1.29 is 4.79 Å². The van der Waals surface area contributed by atoms with E-state index in [0.29, 0.717) is 23.0 Å². The van der Waals surface area contributed by atoms with E-state index in [9.17, 15) is 4.79 Å². The number of hydrogen-bond donors (Lipinski definition) is 3. The molecule has 4 aromatic rings. The van der Waals surface area contributed by atoms with Crippen molar-refractivity contribution >= 4 is 23.2 Å². The van der Waals surface area contributed by atoms with Gasteiger partial charge in [0, 0.05) is 34.9 Å². The second-order valence-electron chi connectivity index (χ2n) is 5.55. The minimum absolute atomic E-state index is 0.220. The Morgan fingerprint density at radius 3 is 2.48 bits per heavy atom. The van der Waals surface area contributed by atoms with Crippen LogP contribution in [0, 0.1) is 0 Å². The van der Waals surface area contributed by atoms with E-state index >= 15 is 0 Å². The molecule has 0 fully saturated rings. The predicted molar refractivity (Wildman–Crippen MR) is 99.3 cm³/mol. The van der Waals surface area contributed by atoms with Crippen LogP contribution in [-0.2, 0) is 0 Å². The molecule has 0 bridgehead atoms. The summed E-state index contributed by atoms with van der Waals surface area (Å²) in [5.74, 6) is 0.736. The Morgan fingerprint density at radius 2 is 1.74 bits per heavy atom. The molecule has 0 radical (unpaired) electrons. The van der Waals surface area contributed by atoms with Gasteiger partial charge in [-0.3, -0.25) is 4.79 Å². The van der Waals surface area contributed by atoms with Crippen molar-refractivity contribution in [2.75, 3.05) is 10.6 Å². The predicted octanol–water partition coefficient (Wildman–Crippen LogP) is 2.65. The fourth-order valence-electron chi connectivity index (χ4n) is 2.42. The van der Waals surface area contributed by atoms with Crippen LogP contribution in [0.15, 0.2) is 67.0 Å². The van der Waals surface area contributed by atoms with Crippen LogP contribution in [0.4, 0.5) is 17.3 Å². The minimum Gasteiger partial charge on any atom is -0.324 e. The highest BCUT2D eigenvalue weighted by molar-refractivity contribution is 6.04. The Kier molecular flexibility index (Phi) is 4.48. The molecule has 1 amide bonds. The summed E-state index contributed by atoms with van der Waals surface area (Å²) in [6, 6.07) is 16.0. The smallest absolute Gasteiger partial charge is 0.255 e. The number of aromatic nitrogens is 6. The standard InChI is InChI=1S/C18H14N8O/c27-17(21-15-4-1-3-13(11-15)16-23-25-26-24-16)12-5-7-14(8-6-12)22-18-19-9-2-10-20-18/h1-11H,(H,21,27)(H,19,20,22)(H,23,24,25,26). The highest BCUT2D eigenvalue weighted by Crippen LogP contribution is 2.19. The van der Waals surface area contributed by atoms with Crippen LogP contribution >= 0.6 is 0 Å². The fraction of sp³-hybridized carbons (Fsp3) is 0. The van der Waals surface area contributed by atoms with Crippen molar-refractivity contribution in [2.24, 2.45) is 0 Å². The zero-order valence-corrected chi connectivity index (χ0v) is 14.0. The molecule has 0 spiro atoms. The Morgan fingerprint density at radius 1 is 0.926 bits per heavy atom. The summed E-state index contributed by atoms with van der Waals surface area (Å²) in [7, 11) is 0. The third-order valence-electron chi connectivity index (χ3n) is 3.69. The molecule has 9 heteroatoms. The molecule has 0 aliphatic heterocycles. The highest BCUT2D eigenvalue weighted by Gasteiger charge is 2.09. The number of carbonyl (C=O) groups excluding carboxylic acids is 1.